The van der Waals surface area contributed by atoms with Crippen molar-refractivity contribution in [2.45, 2.75) is 19.8 Å². The average molecular weight is 263 g/mol. The van der Waals surface area contributed by atoms with E-state index in [-0.39, 0.29) is 29.6 Å². The average Bonchev–Trinajstić information content (AvgIpc) is 2.79. The van der Waals surface area contributed by atoms with Gasteiger partial charge in [-0.15, -0.1) is 0 Å². The van der Waals surface area contributed by atoms with Crippen LogP contribution in [0.2, 0.25) is 0 Å². The van der Waals surface area contributed by atoms with E-state index in [1.54, 1.807) is 30.0 Å². The van der Waals surface area contributed by atoms with E-state index >= 15 is 0 Å². The molecule has 2 rings (SSSR count). The van der Waals surface area contributed by atoms with Crippen LogP contribution in [0.15, 0.2) is 18.2 Å². The van der Waals surface area contributed by atoms with E-state index in [1.807, 2.05) is 0 Å². The molecule has 1 fully saturated rings. The Balaban J connectivity index is 2.09. The number of hydrogen-bond donors (Lipinski definition) is 2. The minimum Gasteiger partial charge on any atom is -0.507 e. The van der Waals surface area contributed by atoms with Crippen molar-refractivity contribution in [3.05, 3.63) is 29.3 Å². The molecule has 0 aromatic heterocycles. The third-order valence-corrected chi connectivity index (χ3v) is 3.50. The monoisotopic (exact) mass is 263 g/mol. The number of carbonyl (C=O) groups is 2. The highest BCUT2D eigenvalue weighted by Gasteiger charge is 2.29. The molecule has 1 aromatic rings. The Hall–Kier alpha value is -2.04. The van der Waals surface area contributed by atoms with E-state index in [2.05, 4.69) is 0 Å². The number of likely N-dealkylation sites (tertiary alicyclic amines) is 1. The van der Waals surface area contributed by atoms with Gasteiger partial charge in [0, 0.05) is 19.5 Å². The summed E-state index contributed by atoms with van der Waals surface area (Å²) in [6, 6.07) is 5.06. The number of aryl methyl sites for hydroxylation is 1. The van der Waals surface area contributed by atoms with E-state index in [1.165, 1.54) is 0 Å². The smallest absolute Gasteiger partial charge is 0.303 e. The predicted octanol–water partition coefficient (Wildman–Crippen LogP) is 1.64. The lowest BCUT2D eigenvalue weighted by Crippen LogP contribution is -2.29. The molecule has 1 atom stereocenters. The SMILES string of the molecule is Cc1cccc(C(=O)N2CCC(CC(=O)O)C2)c1O. The number of carbonyl (C=O) groups excluding carboxylic acids is 1. The zero-order valence-electron chi connectivity index (χ0n) is 10.8. The van der Waals surface area contributed by atoms with Gasteiger partial charge in [-0.2, -0.15) is 0 Å². The quantitative estimate of drug-likeness (QED) is 0.869. The maximum Gasteiger partial charge on any atom is 0.303 e. The first kappa shape index (κ1) is 13.4. The Kier molecular flexibility index (Phi) is 3.74. The lowest BCUT2D eigenvalue weighted by atomic mass is 10.1. The molecular formula is C14H17NO4. The normalized spacial score (nSPS) is 18.6. The van der Waals surface area contributed by atoms with Crippen molar-refractivity contribution in [3.63, 3.8) is 0 Å². The van der Waals surface area contributed by atoms with Crippen molar-refractivity contribution in [1.29, 1.82) is 0 Å². The fraction of sp³-hybridized carbons (Fsp3) is 0.429. The Morgan fingerprint density at radius 2 is 2.16 bits per heavy atom. The van der Waals surface area contributed by atoms with E-state index in [0.29, 0.717) is 25.1 Å². The minimum atomic E-state index is -0.835. The molecule has 0 saturated carbocycles. The molecule has 1 heterocycles. The molecule has 0 aliphatic carbocycles. The molecule has 5 heteroatoms. The van der Waals surface area contributed by atoms with Crippen molar-refractivity contribution < 1.29 is 19.8 Å². The number of aliphatic carboxylic acids is 1. The molecule has 1 aromatic carbocycles. The third kappa shape index (κ3) is 2.86. The van der Waals surface area contributed by atoms with E-state index in [4.69, 9.17) is 5.11 Å². The molecule has 102 valence electrons. The number of phenols is 1. The molecule has 1 saturated heterocycles. The van der Waals surface area contributed by atoms with Gasteiger partial charge in [-0.1, -0.05) is 12.1 Å². The summed E-state index contributed by atoms with van der Waals surface area (Å²) in [5, 5.41) is 18.7. The maximum atomic E-state index is 12.3. The van der Waals surface area contributed by atoms with Crippen LogP contribution in [0.1, 0.15) is 28.8 Å². The standard InChI is InChI=1S/C14H17NO4/c1-9-3-2-4-11(13(9)18)14(19)15-6-5-10(8-15)7-12(16)17/h2-4,10,18H,5-8H2,1H3,(H,16,17). The molecule has 19 heavy (non-hydrogen) atoms. The highest BCUT2D eigenvalue weighted by Crippen LogP contribution is 2.26. The van der Waals surface area contributed by atoms with Crippen LogP contribution in [0.3, 0.4) is 0 Å². The van der Waals surface area contributed by atoms with Crippen molar-refractivity contribution in [1.82, 2.24) is 4.90 Å². The maximum absolute atomic E-state index is 12.3. The van der Waals surface area contributed by atoms with Crippen LogP contribution in [0, 0.1) is 12.8 Å². The second-order valence-corrected chi connectivity index (χ2v) is 4.97. The summed E-state index contributed by atoms with van der Waals surface area (Å²) in [5.74, 6) is -1.05. The Morgan fingerprint density at radius 1 is 1.42 bits per heavy atom. The van der Waals surface area contributed by atoms with Crippen LogP contribution in [0.5, 0.6) is 5.75 Å². The van der Waals surface area contributed by atoms with Gasteiger partial charge in [0.2, 0.25) is 0 Å². The van der Waals surface area contributed by atoms with Crippen molar-refractivity contribution in [2.75, 3.05) is 13.1 Å². The van der Waals surface area contributed by atoms with Gasteiger partial charge in [0.15, 0.2) is 0 Å². The van der Waals surface area contributed by atoms with Crippen LogP contribution >= 0.6 is 0 Å². The lowest BCUT2D eigenvalue weighted by molar-refractivity contribution is -0.138. The van der Waals surface area contributed by atoms with Gasteiger partial charge in [0.05, 0.1) is 5.56 Å². The number of carboxylic acids is 1. The summed E-state index contributed by atoms with van der Waals surface area (Å²) in [6.45, 7) is 2.73. The molecule has 1 aliphatic heterocycles. The summed E-state index contributed by atoms with van der Waals surface area (Å²) in [4.78, 5) is 24.5. The van der Waals surface area contributed by atoms with Crippen LogP contribution in [0.4, 0.5) is 0 Å². The zero-order chi connectivity index (χ0) is 14.0. The first-order chi connectivity index (χ1) is 8.99. The van der Waals surface area contributed by atoms with Gasteiger partial charge < -0.3 is 15.1 Å². The minimum absolute atomic E-state index is 0.00778. The second kappa shape index (κ2) is 5.30. The number of phenolic OH excluding ortho intramolecular Hbond substituents is 1. The van der Waals surface area contributed by atoms with Crippen LogP contribution < -0.4 is 0 Å². The molecule has 2 N–H and O–H groups in total. The number of benzene rings is 1. The predicted molar refractivity (Wildman–Crippen MR) is 69.1 cm³/mol. The number of para-hydroxylation sites is 1. The number of hydrogen-bond acceptors (Lipinski definition) is 3. The summed E-state index contributed by atoms with van der Waals surface area (Å²) < 4.78 is 0. The number of rotatable bonds is 3. The van der Waals surface area contributed by atoms with Gasteiger partial charge in [-0.05, 0) is 30.9 Å². The molecule has 5 nitrogen and oxygen atoms in total. The Labute approximate surface area is 111 Å². The van der Waals surface area contributed by atoms with Crippen molar-refractivity contribution in [3.8, 4) is 5.75 Å². The molecule has 0 spiro atoms. The Bertz CT molecular complexity index is 512. The highest BCUT2D eigenvalue weighted by atomic mass is 16.4. The fourth-order valence-electron chi connectivity index (χ4n) is 2.43. The van der Waals surface area contributed by atoms with Crippen LogP contribution in [-0.4, -0.2) is 40.1 Å². The summed E-state index contributed by atoms with van der Waals surface area (Å²) in [6.07, 6.45) is 0.786. The summed E-state index contributed by atoms with van der Waals surface area (Å²) in [7, 11) is 0. The van der Waals surface area contributed by atoms with Gasteiger partial charge in [0.25, 0.3) is 5.91 Å². The fourth-order valence-corrected chi connectivity index (χ4v) is 2.43. The largest absolute Gasteiger partial charge is 0.507 e. The molecular weight excluding hydrogens is 246 g/mol. The number of nitrogens with zero attached hydrogens (tertiary/aromatic N) is 1. The molecule has 0 bridgehead atoms. The Morgan fingerprint density at radius 3 is 2.84 bits per heavy atom. The summed E-state index contributed by atoms with van der Waals surface area (Å²) in [5.41, 5.74) is 0.947. The van der Waals surface area contributed by atoms with Gasteiger partial charge in [-0.3, -0.25) is 9.59 Å². The van der Waals surface area contributed by atoms with E-state index in [0.717, 1.165) is 0 Å². The first-order valence-electron chi connectivity index (χ1n) is 6.28. The van der Waals surface area contributed by atoms with Crippen molar-refractivity contribution in [2.24, 2.45) is 5.92 Å². The number of aromatic hydroxyl groups is 1. The zero-order valence-corrected chi connectivity index (χ0v) is 10.8. The van der Waals surface area contributed by atoms with Crippen molar-refractivity contribution >= 4 is 11.9 Å². The number of carboxylic acid groups (broad SMARTS) is 1. The highest BCUT2D eigenvalue weighted by molar-refractivity contribution is 5.97. The second-order valence-electron chi connectivity index (χ2n) is 4.97. The van der Waals surface area contributed by atoms with Crippen LogP contribution in [-0.2, 0) is 4.79 Å². The summed E-state index contributed by atoms with van der Waals surface area (Å²) >= 11 is 0. The van der Waals surface area contributed by atoms with E-state index in [9.17, 15) is 14.7 Å². The molecule has 0 radical (unpaired) electrons. The molecule has 1 amide bonds. The topological polar surface area (TPSA) is 77.8 Å². The molecule has 1 aliphatic rings. The molecule has 1 unspecified atom stereocenters. The number of amides is 1. The third-order valence-electron chi connectivity index (χ3n) is 3.50. The van der Waals surface area contributed by atoms with E-state index < -0.39 is 5.97 Å². The van der Waals surface area contributed by atoms with Gasteiger partial charge in [0.1, 0.15) is 5.75 Å². The lowest BCUT2D eigenvalue weighted by Gasteiger charge is -2.17. The van der Waals surface area contributed by atoms with Gasteiger partial charge >= 0.3 is 5.97 Å². The first-order valence-corrected chi connectivity index (χ1v) is 6.28. The van der Waals surface area contributed by atoms with Gasteiger partial charge in [-0.25, -0.2) is 0 Å². The van der Waals surface area contributed by atoms with Crippen LogP contribution in [0.25, 0.3) is 0 Å².